The van der Waals surface area contributed by atoms with Crippen molar-refractivity contribution in [1.82, 2.24) is 0 Å². The van der Waals surface area contributed by atoms with Gasteiger partial charge in [0, 0.05) is 6.42 Å². The van der Waals surface area contributed by atoms with E-state index >= 15 is 0 Å². The Labute approximate surface area is 217 Å². The van der Waals surface area contributed by atoms with Crippen molar-refractivity contribution in [3.05, 3.63) is 47.5 Å². The lowest BCUT2D eigenvalue weighted by molar-refractivity contribution is -0.932. The second-order valence-corrected chi connectivity index (χ2v) is 10.2. The number of benzene rings is 2. The first-order valence-corrected chi connectivity index (χ1v) is 13.1. The Morgan fingerprint density at radius 3 is 1.94 bits per heavy atom. The number of quaternary nitrogens is 1. The fraction of sp³-hybridized carbons (Fsp3) is 0.567. The van der Waals surface area contributed by atoms with Gasteiger partial charge in [0.2, 0.25) is 0 Å². The minimum absolute atomic E-state index is 0.472. The van der Waals surface area contributed by atoms with Crippen LogP contribution in [0.5, 0.6) is 23.0 Å². The smallest absolute Gasteiger partial charge is 0.161 e. The van der Waals surface area contributed by atoms with Crippen LogP contribution in [0.3, 0.4) is 0 Å². The maximum atomic E-state index is 10.3. The molecule has 0 N–H and O–H groups in total. The molecule has 0 radical (unpaired) electrons. The van der Waals surface area contributed by atoms with Crippen molar-refractivity contribution < 1.29 is 23.4 Å². The fourth-order valence-electron chi connectivity index (χ4n) is 5.79. The molecule has 0 amide bonds. The summed E-state index contributed by atoms with van der Waals surface area (Å²) in [4.78, 5) is 0. The Morgan fingerprint density at radius 2 is 1.42 bits per heavy atom. The third-order valence-corrected chi connectivity index (χ3v) is 8.40. The highest BCUT2D eigenvalue weighted by Gasteiger charge is 2.38. The number of nitrogens with zero attached hydrogens (tertiary/aromatic N) is 2. The minimum Gasteiger partial charge on any atom is -0.493 e. The number of hydrogen-bond donors (Lipinski definition) is 0. The van der Waals surface area contributed by atoms with Gasteiger partial charge in [-0.05, 0) is 80.8 Å². The average Bonchev–Trinajstić information content (AvgIpc) is 2.91. The first-order valence-electron chi connectivity index (χ1n) is 13.1. The molecule has 1 atom stereocenters. The molecule has 6 heteroatoms. The van der Waals surface area contributed by atoms with Gasteiger partial charge in [0.05, 0.1) is 66.1 Å². The van der Waals surface area contributed by atoms with Crippen LogP contribution in [0.2, 0.25) is 0 Å². The second kappa shape index (κ2) is 12.4. The van der Waals surface area contributed by atoms with E-state index in [1.807, 2.05) is 24.3 Å². The van der Waals surface area contributed by atoms with Crippen molar-refractivity contribution >= 4 is 0 Å². The van der Waals surface area contributed by atoms with Crippen LogP contribution in [0.4, 0.5) is 0 Å². The van der Waals surface area contributed by atoms with Gasteiger partial charge in [-0.1, -0.05) is 12.1 Å². The van der Waals surface area contributed by atoms with E-state index < -0.39 is 5.41 Å². The monoisotopic (exact) mass is 495 g/mol. The second-order valence-electron chi connectivity index (χ2n) is 10.2. The van der Waals surface area contributed by atoms with Gasteiger partial charge in [-0.3, -0.25) is 0 Å². The quantitative estimate of drug-likeness (QED) is 0.383. The number of rotatable bonds is 10. The molecule has 0 heterocycles. The number of ether oxygens (including phenoxy) is 4. The van der Waals surface area contributed by atoms with Gasteiger partial charge in [0.15, 0.2) is 23.0 Å². The number of hydrogen-bond acceptors (Lipinski definition) is 5. The topological polar surface area (TPSA) is 60.7 Å². The summed E-state index contributed by atoms with van der Waals surface area (Å²) in [7, 11) is 9.05. The molecule has 36 heavy (non-hydrogen) atoms. The summed E-state index contributed by atoms with van der Waals surface area (Å²) in [5.41, 5.74) is 1.84. The van der Waals surface area contributed by atoms with Crippen LogP contribution in [0, 0.1) is 11.3 Å². The molecule has 1 aliphatic rings. The molecule has 0 spiro atoms. The van der Waals surface area contributed by atoms with Gasteiger partial charge >= 0.3 is 0 Å². The largest absolute Gasteiger partial charge is 0.493 e. The average molecular weight is 496 g/mol. The van der Waals surface area contributed by atoms with E-state index in [0.29, 0.717) is 17.5 Å². The highest BCUT2D eigenvalue weighted by Crippen LogP contribution is 2.41. The van der Waals surface area contributed by atoms with E-state index in [0.717, 1.165) is 79.6 Å². The van der Waals surface area contributed by atoms with Gasteiger partial charge in [-0.2, -0.15) is 5.26 Å². The maximum Gasteiger partial charge on any atom is 0.161 e. The molecule has 6 nitrogen and oxygen atoms in total. The lowest BCUT2D eigenvalue weighted by Gasteiger charge is -2.43. The van der Waals surface area contributed by atoms with Gasteiger partial charge in [0.1, 0.15) is 0 Å². The molecule has 1 unspecified atom stereocenters. The summed E-state index contributed by atoms with van der Waals surface area (Å²) in [6.07, 6.45) is 7.08. The molecule has 3 rings (SSSR count). The molecule has 2 aromatic carbocycles. The summed E-state index contributed by atoms with van der Waals surface area (Å²) >= 11 is 0. The van der Waals surface area contributed by atoms with Crippen molar-refractivity contribution in [3.63, 3.8) is 0 Å². The van der Waals surface area contributed by atoms with Gasteiger partial charge < -0.3 is 23.4 Å². The first-order chi connectivity index (χ1) is 17.4. The van der Waals surface area contributed by atoms with Crippen LogP contribution in [0.1, 0.15) is 56.6 Å². The Kier molecular flexibility index (Phi) is 9.50. The van der Waals surface area contributed by atoms with E-state index in [1.165, 1.54) is 5.56 Å². The Hall–Kier alpha value is -2.91. The number of nitriles is 1. The Morgan fingerprint density at radius 1 is 0.861 bits per heavy atom. The van der Waals surface area contributed by atoms with Crippen LogP contribution < -0.4 is 18.9 Å². The predicted octanol–water partition coefficient (Wildman–Crippen LogP) is 5.91. The van der Waals surface area contributed by atoms with Gasteiger partial charge in [0.25, 0.3) is 0 Å². The van der Waals surface area contributed by atoms with Crippen molar-refractivity contribution in [1.29, 1.82) is 5.26 Å². The number of methoxy groups -OCH3 is 4. The standard InChI is InChI=1S/C30H43N2O4/c1-7-32(2,19-16-23-12-14-26(33-3)28(20-23)35-5)25-10-8-17-30(22-31,18-9-11-25)24-13-15-27(34-4)29(21-24)36-6/h12-15,20-21,25H,7-11,16-19H2,1-6H3/q+1. The van der Waals surface area contributed by atoms with Crippen molar-refractivity contribution in [2.24, 2.45) is 0 Å². The summed E-state index contributed by atoms with van der Waals surface area (Å²) in [6.45, 7) is 4.48. The van der Waals surface area contributed by atoms with E-state index in [2.05, 4.69) is 32.2 Å². The van der Waals surface area contributed by atoms with E-state index in [9.17, 15) is 5.26 Å². The fourth-order valence-corrected chi connectivity index (χ4v) is 5.79. The van der Waals surface area contributed by atoms with E-state index in [1.54, 1.807) is 28.4 Å². The molecule has 0 bridgehead atoms. The van der Waals surface area contributed by atoms with Crippen LogP contribution in [-0.2, 0) is 11.8 Å². The molecular weight excluding hydrogens is 452 g/mol. The molecule has 2 aromatic rings. The summed E-state index contributed by atoms with van der Waals surface area (Å²) in [5, 5.41) is 10.3. The predicted molar refractivity (Wildman–Crippen MR) is 143 cm³/mol. The SMILES string of the molecule is CC[N+](C)(CCc1ccc(OC)c(OC)c1)C1CCCC(C#N)(c2ccc(OC)c(OC)c2)CCC1. The highest BCUT2D eigenvalue weighted by molar-refractivity contribution is 5.47. The molecular formula is C30H43N2O4+. The zero-order valence-electron chi connectivity index (χ0n) is 22.9. The van der Waals surface area contributed by atoms with Gasteiger partial charge in [-0.25, -0.2) is 0 Å². The zero-order valence-corrected chi connectivity index (χ0v) is 22.9. The molecule has 0 saturated heterocycles. The first kappa shape index (κ1) is 27.7. The Bertz CT molecular complexity index is 1040. The highest BCUT2D eigenvalue weighted by atomic mass is 16.5. The van der Waals surface area contributed by atoms with E-state index in [-0.39, 0.29) is 0 Å². The minimum atomic E-state index is -0.472. The Balaban J connectivity index is 1.71. The van der Waals surface area contributed by atoms with Gasteiger partial charge in [-0.15, -0.1) is 0 Å². The lowest BCUT2D eigenvalue weighted by Crippen LogP contribution is -2.53. The molecule has 0 aliphatic heterocycles. The van der Waals surface area contributed by atoms with Crippen LogP contribution in [-0.4, -0.2) is 59.1 Å². The lowest BCUT2D eigenvalue weighted by atomic mass is 9.71. The van der Waals surface area contributed by atoms with Crippen molar-refractivity contribution in [2.75, 3.05) is 48.6 Å². The van der Waals surface area contributed by atoms with Crippen molar-refractivity contribution in [2.45, 2.75) is 63.3 Å². The van der Waals surface area contributed by atoms with Crippen molar-refractivity contribution in [3.8, 4) is 29.1 Å². The summed E-state index contributed by atoms with van der Waals surface area (Å²) in [6, 6.07) is 15.5. The molecule has 1 aliphatic carbocycles. The zero-order chi connectivity index (χ0) is 26.2. The summed E-state index contributed by atoms with van der Waals surface area (Å²) in [5.74, 6) is 2.94. The third-order valence-electron chi connectivity index (χ3n) is 8.40. The normalized spacial score (nSPS) is 21.9. The molecule has 196 valence electrons. The van der Waals surface area contributed by atoms with E-state index in [4.69, 9.17) is 18.9 Å². The summed E-state index contributed by atoms with van der Waals surface area (Å²) < 4.78 is 22.9. The number of likely N-dealkylation sites (N-methyl/N-ethyl adjacent to an activating group) is 1. The van der Waals surface area contributed by atoms with Crippen LogP contribution >= 0.6 is 0 Å². The maximum absolute atomic E-state index is 10.3. The molecule has 0 aromatic heterocycles. The molecule has 1 fully saturated rings. The van der Waals surface area contributed by atoms with Crippen LogP contribution in [0.15, 0.2) is 36.4 Å². The van der Waals surface area contributed by atoms with Crippen LogP contribution in [0.25, 0.3) is 0 Å². The molecule has 1 saturated carbocycles. The third kappa shape index (κ3) is 5.90.